The Labute approximate surface area is 121 Å². The predicted molar refractivity (Wildman–Crippen MR) is 76.1 cm³/mol. The number of rotatable bonds is 7. The van der Waals surface area contributed by atoms with Gasteiger partial charge in [0.2, 0.25) is 0 Å². The van der Waals surface area contributed by atoms with Crippen LogP contribution in [0.1, 0.15) is 26.2 Å². The van der Waals surface area contributed by atoms with Gasteiger partial charge in [0.05, 0.1) is 11.4 Å². The lowest BCUT2D eigenvalue weighted by Crippen LogP contribution is -3.15. The number of thiophene rings is 1. The number of carbonyl (C=O) groups is 1. The maximum absolute atomic E-state index is 11.3. The lowest BCUT2D eigenvalue weighted by Gasteiger charge is -2.21. The summed E-state index contributed by atoms with van der Waals surface area (Å²) in [5.41, 5.74) is 5.38. The predicted octanol–water partition coefficient (Wildman–Crippen LogP) is 0.467. The van der Waals surface area contributed by atoms with Crippen LogP contribution < -0.4 is 10.6 Å². The van der Waals surface area contributed by atoms with Crippen LogP contribution in [0, 0.1) is 0 Å². The van der Waals surface area contributed by atoms with Gasteiger partial charge in [0.25, 0.3) is 17.7 Å². The van der Waals surface area contributed by atoms with Crippen LogP contribution in [-0.2, 0) is 11.3 Å². The molecular weight excluding hydrogens is 276 g/mol. The summed E-state index contributed by atoms with van der Waals surface area (Å²) in [5.74, 6) is 0.744. The molecule has 0 radical (unpaired) electrons. The maximum atomic E-state index is 11.3. The van der Waals surface area contributed by atoms with Gasteiger partial charge in [-0.3, -0.25) is 4.79 Å². The van der Waals surface area contributed by atoms with E-state index in [1.807, 2.05) is 24.4 Å². The molecule has 2 atom stereocenters. The van der Waals surface area contributed by atoms with Crippen LogP contribution in [-0.4, -0.2) is 28.7 Å². The van der Waals surface area contributed by atoms with Crippen molar-refractivity contribution in [3.05, 3.63) is 23.4 Å². The molecule has 0 spiro atoms. The van der Waals surface area contributed by atoms with Gasteiger partial charge in [0.15, 0.2) is 12.6 Å². The number of nitrogens with zero attached hydrogens (tertiary/aromatic N) is 2. The number of quaternary nitrogens is 1. The van der Waals surface area contributed by atoms with E-state index in [2.05, 4.69) is 17.1 Å². The highest BCUT2D eigenvalue weighted by molar-refractivity contribution is 7.13. The normalized spacial score (nSPS) is 14.1. The highest BCUT2D eigenvalue weighted by Crippen LogP contribution is 2.22. The fourth-order valence-corrected chi connectivity index (χ4v) is 2.64. The smallest absolute Gasteiger partial charge is 0.275 e. The number of amides is 1. The van der Waals surface area contributed by atoms with Crippen LogP contribution in [0.3, 0.4) is 0 Å². The van der Waals surface area contributed by atoms with Crippen LogP contribution in [0.2, 0.25) is 0 Å². The van der Waals surface area contributed by atoms with Crippen molar-refractivity contribution < 1.29 is 14.1 Å². The van der Waals surface area contributed by atoms with Gasteiger partial charge in [-0.05, 0) is 24.8 Å². The van der Waals surface area contributed by atoms with Crippen LogP contribution >= 0.6 is 11.3 Å². The molecule has 0 aliphatic carbocycles. The van der Waals surface area contributed by atoms with Crippen molar-refractivity contribution in [2.75, 3.05) is 6.54 Å². The molecule has 0 aliphatic rings. The molecule has 1 amide bonds. The Kier molecular flexibility index (Phi) is 4.86. The molecule has 3 N–H and O–H groups in total. The second-order valence-electron chi connectivity index (χ2n) is 4.69. The summed E-state index contributed by atoms with van der Waals surface area (Å²) in [6, 6.07) is 3.60. The monoisotopic (exact) mass is 295 g/mol. The minimum absolute atomic E-state index is 0.271. The Morgan fingerprint density at radius 1 is 1.55 bits per heavy atom. The van der Waals surface area contributed by atoms with Gasteiger partial charge in [0.1, 0.15) is 0 Å². The first kappa shape index (κ1) is 14.7. The Bertz CT molecular complexity index is 552. The summed E-state index contributed by atoms with van der Waals surface area (Å²) in [4.78, 5) is 13.3. The first-order valence-corrected chi connectivity index (χ1v) is 7.50. The molecule has 108 valence electrons. The van der Waals surface area contributed by atoms with E-state index in [9.17, 15) is 4.79 Å². The van der Waals surface area contributed by atoms with E-state index in [4.69, 9.17) is 10.2 Å². The minimum atomic E-state index is -0.313. The van der Waals surface area contributed by atoms with Crippen LogP contribution in [0.4, 0.5) is 0 Å². The molecule has 6 nitrogen and oxygen atoms in total. The van der Waals surface area contributed by atoms with Gasteiger partial charge < -0.3 is 15.1 Å². The molecular formula is C13H19N4O2S+. The van der Waals surface area contributed by atoms with E-state index in [1.165, 1.54) is 0 Å². The fraction of sp³-hybridized carbons (Fsp3) is 0.462. The van der Waals surface area contributed by atoms with Gasteiger partial charge in [-0.2, -0.15) is 0 Å². The zero-order valence-electron chi connectivity index (χ0n) is 11.6. The summed E-state index contributed by atoms with van der Waals surface area (Å²) in [6.45, 7) is 5.24. The molecule has 7 heteroatoms. The van der Waals surface area contributed by atoms with Crippen molar-refractivity contribution in [1.82, 2.24) is 10.2 Å². The second kappa shape index (κ2) is 6.62. The molecule has 2 rings (SSSR count). The third kappa shape index (κ3) is 3.43. The van der Waals surface area contributed by atoms with Crippen LogP contribution in [0.15, 0.2) is 21.9 Å². The van der Waals surface area contributed by atoms with Gasteiger partial charge >= 0.3 is 0 Å². The molecule has 20 heavy (non-hydrogen) atoms. The van der Waals surface area contributed by atoms with E-state index in [0.29, 0.717) is 18.3 Å². The zero-order chi connectivity index (χ0) is 14.5. The first-order valence-electron chi connectivity index (χ1n) is 6.62. The number of carbonyl (C=O) groups excluding carboxylic acids is 1. The minimum Gasteiger partial charge on any atom is -0.414 e. The molecule has 0 saturated carbocycles. The maximum Gasteiger partial charge on any atom is 0.275 e. The SMILES string of the molecule is CCC[NH+](Cc1nnc(-c2cccs2)o1)[C@@H](C)C(N)=O. The van der Waals surface area contributed by atoms with E-state index in [1.54, 1.807) is 11.3 Å². The van der Waals surface area contributed by atoms with Crippen molar-refractivity contribution in [2.45, 2.75) is 32.9 Å². The van der Waals surface area contributed by atoms with Crippen LogP contribution in [0.25, 0.3) is 10.8 Å². The lowest BCUT2D eigenvalue weighted by atomic mass is 10.2. The van der Waals surface area contributed by atoms with E-state index in [0.717, 1.165) is 22.7 Å². The van der Waals surface area contributed by atoms with Gasteiger partial charge in [0, 0.05) is 0 Å². The highest BCUT2D eigenvalue weighted by Gasteiger charge is 2.24. The summed E-state index contributed by atoms with van der Waals surface area (Å²) < 4.78 is 5.65. The molecule has 1 unspecified atom stereocenters. The molecule has 2 heterocycles. The van der Waals surface area contributed by atoms with Gasteiger partial charge in [-0.15, -0.1) is 21.5 Å². The Hall–Kier alpha value is -1.73. The first-order chi connectivity index (χ1) is 9.61. The Morgan fingerprint density at radius 2 is 2.35 bits per heavy atom. The average molecular weight is 295 g/mol. The third-order valence-electron chi connectivity index (χ3n) is 3.19. The highest BCUT2D eigenvalue weighted by atomic mass is 32.1. The summed E-state index contributed by atoms with van der Waals surface area (Å²) in [5, 5.41) is 10.1. The van der Waals surface area contributed by atoms with Gasteiger partial charge in [-0.1, -0.05) is 13.0 Å². The number of hydrogen-bond donors (Lipinski definition) is 2. The zero-order valence-corrected chi connectivity index (χ0v) is 12.4. The second-order valence-corrected chi connectivity index (χ2v) is 5.64. The molecule has 2 aromatic heterocycles. The Balaban J connectivity index is 2.09. The quantitative estimate of drug-likeness (QED) is 0.777. The van der Waals surface area contributed by atoms with Crippen molar-refractivity contribution in [3.63, 3.8) is 0 Å². The number of primary amides is 1. The number of nitrogens with two attached hydrogens (primary N) is 1. The van der Waals surface area contributed by atoms with Crippen molar-refractivity contribution >= 4 is 17.2 Å². The topological polar surface area (TPSA) is 86.4 Å². The molecule has 0 fully saturated rings. The molecule has 0 saturated heterocycles. The van der Waals surface area contributed by atoms with E-state index < -0.39 is 0 Å². The van der Waals surface area contributed by atoms with Crippen molar-refractivity contribution in [1.29, 1.82) is 0 Å². The third-order valence-corrected chi connectivity index (χ3v) is 4.05. The standard InChI is InChI=1S/C13H18N4O2S/c1-3-6-17(9(2)12(14)18)8-11-15-16-13(19-11)10-5-4-7-20-10/h4-5,7,9H,3,6,8H2,1-2H3,(H2,14,18)/p+1/t9-/m0/s1. The molecule has 0 bridgehead atoms. The largest absolute Gasteiger partial charge is 0.414 e. The van der Waals surface area contributed by atoms with E-state index >= 15 is 0 Å². The average Bonchev–Trinajstić information content (AvgIpc) is 3.07. The molecule has 0 aromatic carbocycles. The van der Waals surface area contributed by atoms with E-state index in [-0.39, 0.29) is 11.9 Å². The summed E-state index contributed by atoms with van der Waals surface area (Å²) >= 11 is 1.55. The number of hydrogen-bond acceptors (Lipinski definition) is 5. The number of nitrogens with one attached hydrogen (secondary N) is 1. The summed E-state index contributed by atoms with van der Waals surface area (Å²) in [6.07, 6.45) is 0.957. The van der Waals surface area contributed by atoms with Gasteiger partial charge in [-0.25, -0.2) is 0 Å². The fourth-order valence-electron chi connectivity index (χ4n) is 2.00. The molecule has 0 aliphatic heterocycles. The Morgan fingerprint density at radius 3 is 2.95 bits per heavy atom. The molecule has 2 aromatic rings. The van der Waals surface area contributed by atoms with Crippen molar-refractivity contribution in [3.8, 4) is 10.8 Å². The number of aromatic nitrogens is 2. The van der Waals surface area contributed by atoms with Crippen LogP contribution in [0.5, 0.6) is 0 Å². The van der Waals surface area contributed by atoms with Crippen molar-refractivity contribution in [2.24, 2.45) is 5.73 Å². The lowest BCUT2D eigenvalue weighted by molar-refractivity contribution is -0.929. The summed E-state index contributed by atoms with van der Waals surface area (Å²) in [7, 11) is 0.